The van der Waals surface area contributed by atoms with E-state index in [1.807, 2.05) is 11.1 Å². The summed E-state index contributed by atoms with van der Waals surface area (Å²) in [4.78, 5) is 22.9. The van der Waals surface area contributed by atoms with Crippen molar-refractivity contribution in [1.29, 1.82) is 0 Å². The van der Waals surface area contributed by atoms with Gasteiger partial charge in [0.2, 0.25) is 5.91 Å². The van der Waals surface area contributed by atoms with Gasteiger partial charge in [0, 0.05) is 24.7 Å². The van der Waals surface area contributed by atoms with Gasteiger partial charge >= 0.3 is 0 Å². The van der Waals surface area contributed by atoms with Crippen LogP contribution < -0.4 is 4.90 Å². The number of anilines is 1. The highest BCUT2D eigenvalue weighted by molar-refractivity contribution is 5.93. The lowest BCUT2D eigenvalue weighted by molar-refractivity contribution is -0.120. The van der Waals surface area contributed by atoms with Gasteiger partial charge in [-0.2, -0.15) is 0 Å². The molecule has 0 radical (unpaired) electrons. The molecule has 20 heavy (non-hydrogen) atoms. The molecule has 0 aliphatic rings. The summed E-state index contributed by atoms with van der Waals surface area (Å²) in [5, 5.41) is 0. The van der Waals surface area contributed by atoms with Gasteiger partial charge in [-0.3, -0.25) is 9.69 Å². The second-order valence-electron chi connectivity index (χ2n) is 6.36. The van der Waals surface area contributed by atoms with E-state index in [2.05, 4.69) is 44.6 Å². The molecule has 112 valence electrons. The molecule has 0 saturated heterocycles. The van der Waals surface area contributed by atoms with Gasteiger partial charge in [-0.25, -0.2) is 9.97 Å². The van der Waals surface area contributed by atoms with Crippen LogP contribution in [-0.4, -0.2) is 22.4 Å². The molecule has 1 aromatic rings. The van der Waals surface area contributed by atoms with Gasteiger partial charge in [-0.05, 0) is 18.3 Å². The Bertz CT molecular complexity index is 438. The molecule has 0 aromatic carbocycles. The van der Waals surface area contributed by atoms with E-state index >= 15 is 0 Å². The number of carbonyl (C=O) groups is 1. The maximum Gasteiger partial charge on any atom is 0.228 e. The number of aromatic nitrogens is 2. The molecule has 0 atom stereocenters. The van der Waals surface area contributed by atoms with Crippen LogP contribution in [0.4, 0.5) is 5.82 Å². The maximum absolute atomic E-state index is 12.6. The molecule has 0 N–H and O–H groups in total. The van der Waals surface area contributed by atoms with Gasteiger partial charge in [-0.15, -0.1) is 0 Å². The average Bonchev–Trinajstić information content (AvgIpc) is 2.37. The first-order chi connectivity index (χ1) is 9.39. The molecule has 1 aromatic heterocycles. The molecule has 0 fully saturated rings. The number of aryl methyl sites for hydroxylation is 1. The summed E-state index contributed by atoms with van der Waals surface area (Å²) in [6, 6.07) is 0. The Morgan fingerprint density at radius 3 is 2.55 bits per heavy atom. The Kier molecular flexibility index (Phi) is 6.11. The lowest BCUT2D eigenvalue weighted by atomic mass is 9.91. The fourth-order valence-corrected chi connectivity index (χ4v) is 2.06. The van der Waals surface area contributed by atoms with Crippen LogP contribution in [0.15, 0.2) is 12.5 Å². The molecular formula is C16H27N3O. The third-order valence-electron chi connectivity index (χ3n) is 3.12. The lowest BCUT2D eigenvalue weighted by Gasteiger charge is -2.27. The van der Waals surface area contributed by atoms with E-state index in [4.69, 9.17) is 0 Å². The van der Waals surface area contributed by atoms with Crippen molar-refractivity contribution < 1.29 is 4.79 Å². The number of unbranched alkanes of at least 4 members (excludes halogenated alkanes) is 1. The smallest absolute Gasteiger partial charge is 0.228 e. The zero-order valence-electron chi connectivity index (χ0n) is 13.4. The first-order valence-corrected chi connectivity index (χ1v) is 7.48. The fourth-order valence-electron chi connectivity index (χ4n) is 2.06. The van der Waals surface area contributed by atoms with Crippen molar-refractivity contribution in [3.63, 3.8) is 0 Å². The molecular weight excluding hydrogens is 250 g/mol. The monoisotopic (exact) mass is 277 g/mol. The molecule has 1 amide bonds. The first kappa shape index (κ1) is 16.6. The fraction of sp³-hybridized carbons (Fsp3) is 0.688. The molecule has 4 nitrogen and oxygen atoms in total. The highest BCUT2D eigenvalue weighted by atomic mass is 16.2. The molecule has 0 spiro atoms. The van der Waals surface area contributed by atoms with Gasteiger partial charge in [0.05, 0.1) is 0 Å². The second kappa shape index (κ2) is 7.36. The predicted molar refractivity (Wildman–Crippen MR) is 82.7 cm³/mol. The van der Waals surface area contributed by atoms with E-state index in [0.717, 1.165) is 37.2 Å². The maximum atomic E-state index is 12.6. The molecule has 0 unspecified atom stereocenters. The van der Waals surface area contributed by atoms with Crippen LogP contribution in [0.2, 0.25) is 0 Å². The Labute approximate surface area is 122 Å². The zero-order valence-corrected chi connectivity index (χ0v) is 13.4. The lowest BCUT2D eigenvalue weighted by Crippen LogP contribution is -2.35. The second-order valence-corrected chi connectivity index (χ2v) is 6.36. The summed E-state index contributed by atoms with van der Waals surface area (Å²) in [6.07, 6.45) is 6.75. The van der Waals surface area contributed by atoms with Crippen molar-refractivity contribution in [3.05, 3.63) is 18.1 Å². The van der Waals surface area contributed by atoms with Crippen molar-refractivity contribution in [1.82, 2.24) is 9.97 Å². The Morgan fingerprint density at radius 2 is 2.00 bits per heavy atom. The van der Waals surface area contributed by atoms with Crippen molar-refractivity contribution in [2.75, 3.05) is 11.4 Å². The highest BCUT2D eigenvalue weighted by Gasteiger charge is 2.24. The highest BCUT2D eigenvalue weighted by Crippen LogP contribution is 2.24. The third-order valence-corrected chi connectivity index (χ3v) is 3.12. The van der Waals surface area contributed by atoms with E-state index in [1.54, 1.807) is 0 Å². The van der Waals surface area contributed by atoms with Crippen molar-refractivity contribution >= 4 is 11.7 Å². The van der Waals surface area contributed by atoms with E-state index < -0.39 is 0 Å². The number of hydrogen-bond donors (Lipinski definition) is 0. The standard InChI is InChI=1S/C16H27N3O/c1-6-8-9-19(14(20)10-16(3,4)5)15-13(7-2)11-17-12-18-15/h11-12H,6-10H2,1-5H3. The number of rotatable bonds is 6. The largest absolute Gasteiger partial charge is 0.296 e. The van der Waals surface area contributed by atoms with Crippen molar-refractivity contribution in [2.24, 2.45) is 5.41 Å². The Hall–Kier alpha value is -1.45. The molecule has 1 rings (SSSR count). The van der Waals surface area contributed by atoms with Crippen LogP contribution in [0.5, 0.6) is 0 Å². The normalized spacial score (nSPS) is 11.4. The minimum atomic E-state index is -0.0129. The van der Waals surface area contributed by atoms with Crippen molar-refractivity contribution in [3.8, 4) is 0 Å². The summed E-state index contributed by atoms with van der Waals surface area (Å²) in [6.45, 7) is 11.2. The van der Waals surface area contributed by atoms with Crippen LogP contribution in [0.25, 0.3) is 0 Å². The van der Waals surface area contributed by atoms with Crippen LogP contribution in [0, 0.1) is 5.41 Å². The molecule has 1 heterocycles. The number of hydrogen-bond acceptors (Lipinski definition) is 3. The van der Waals surface area contributed by atoms with Gasteiger partial charge < -0.3 is 0 Å². The molecule has 4 heteroatoms. The van der Waals surface area contributed by atoms with E-state index in [9.17, 15) is 4.79 Å². The summed E-state index contributed by atoms with van der Waals surface area (Å²) in [5.41, 5.74) is 1.02. The van der Waals surface area contributed by atoms with Crippen LogP contribution in [0.1, 0.15) is 59.4 Å². The number of amides is 1. The molecule has 0 saturated carbocycles. The van der Waals surface area contributed by atoms with Crippen LogP contribution >= 0.6 is 0 Å². The summed E-state index contributed by atoms with van der Waals surface area (Å²) >= 11 is 0. The van der Waals surface area contributed by atoms with Crippen molar-refractivity contribution in [2.45, 2.75) is 60.3 Å². The Balaban J connectivity index is 3.02. The van der Waals surface area contributed by atoms with E-state index in [1.165, 1.54) is 6.33 Å². The SMILES string of the molecule is CCCCN(C(=O)CC(C)(C)C)c1ncncc1CC. The van der Waals surface area contributed by atoms with Gasteiger partial charge in [0.1, 0.15) is 12.1 Å². The summed E-state index contributed by atoms with van der Waals surface area (Å²) in [7, 11) is 0. The number of nitrogens with zero attached hydrogens (tertiary/aromatic N) is 3. The first-order valence-electron chi connectivity index (χ1n) is 7.48. The van der Waals surface area contributed by atoms with Crippen LogP contribution in [-0.2, 0) is 11.2 Å². The van der Waals surface area contributed by atoms with E-state index in [0.29, 0.717) is 6.42 Å². The quantitative estimate of drug-likeness (QED) is 0.798. The Morgan fingerprint density at radius 1 is 1.30 bits per heavy atom. The summed E-state index contributed by atoms with van der Waals surface area (Å²) in [5.74, 6) is 0.935. The van der Waals surface area contributed by atoms with E-state index in [-0.39, 0.29) is 11.3 Å². The van der Waals surface area contributed by atoms with Gasteiger partial charge in [-0.1, -0.05) is 41.0 Å². The number of carbonyl (C=O) groups excluding carboxylic acids is 1. The molecule has 0 bridgehead atoms. The minimum Gasteiger partial charge on any atom is -0.296 e. The third kappa shape index (κ3) is 4.91. The summed E-state index contributed by atoms with van der Waals surface area (Å²) < 4.78 is 0. The van der Waals surface area contributed by atoms with Gasteiger partial charge in [0.15, 0.2) is 0 Å². The average molecular weight is 277 g/mol. The zero-order chi connectivity index (χ0) is 15.2. The van der Waals surface area contributed by atoms with Crippen LogP contribution in [0.3, 0.4) is 0 Å². The minimum absolute atomic E-state index is 0.0129. The molecule has 0 aliphatic carbocycles. The van der Waals surface area contributed by atoms with Gasteiger partial charge in [0.25, 0.3) is 0 Å². The topological polar surface area (TPSA) is 46.1 Å². The predicted octanol–water partition coefficient (Wildman–Crippen LogP) is 3.61. The molecule has 0 aliphatic heterocycles.